The Balaban J connectivity index is 1.79. The number of benzene rings is 3. The number of nitrogens with two attached hydrogens (primary N) is 1. The summed E-state index contributed by atoms with van der Waals surface area (Å²) in [5.41, 5.74) is 10.3. The summed E-state index contributed by atoms with van der Waals surface area (Å²) < 4.78 is 0. The van der Waals surface area contributed by atoms with E-state index in [0.29, 0.717) is 0 Å². The fraction of sp³-hybridized carbons (Fsp3) is 0.0952. The zero-order valence-corrected chi connectivity index (χ0v) is 13.3. The number of amidine groups is 1. The minimum absolute atomic E-state index is 0.112. The van der Waals surface area contributed by atoms with Crippen LogP contribution < -0.4 is 10.6 Å². The number of hydrogen-bond donors (Lipinski definition) is 1. The molecule has 1 atom stereocenters. The molecule has 3 heteroatoms. The molecule has 0 aliphatic carbocycles. The average Bonchev–Trinajstić information content (AvgIpc) is 3.09. The second-order valence-corrected chi connectivity index (χ2v) is 5.91. The summed E-state index contributed by atoms with van der Waals surface area (Å²) in [4.78, 5) is 7.26. The van der Waals surface area contributed by atoms with Crippen molar-refractivity contribution < 1.29 is 0 Å². The van der Waals surface area contributed by atoms with E-state index in [-0.39, 0.29) is 6.04 Å². The largest absolute Gasteiger partial charge is 0.398 e. The van der Waals surface area contributed by atoms with Crippen LogP contribution >= 0.6 is 0 Å². The molecule has 0 saturated carbocycles. The first kappa shape index (κ1) is 14.5. The second kappa shape index (κ2) is 6.20. The van der Waals surface area contributed by atoms with Gasteiger partial charge in [0.05, 0.1) is 12.6 Å². The molecule has 2 N–H and O–H groups in total. The van der Waals surface area contributed by atoms with Crippen molar-refractivity contribution in [2.24, 2.45) is 4.99 Å². The van der Waals surface area contributed by atoms with Gasteiger partial charge in [0.2, 0.25) is 0 Å². The van der Waals surface area contributed by atoms with Crippen LogP contribution in [0.1, 0.15) is 17.2 Å². The number of anilines is 2. The molecule has 3 aromatic rings. The summed E-state index contributed by atoms with van der Waals surface area (Å²) in [5, 5.41) is 0. The first-order chi connectivity index (χ1) is 11.8. The maximum absolute atomic E-state index is 6.22. The summed E-state index contributed by atoms with van der Waals surface area (Å²) in [6.07, 6.45) is 0. The Morgan fingerprint density at radius 2 is 1.42 bits per heavy atom. The molecule has 4 rings (SSSR count). The lowest BCUT2D eigenvalue weighted by molar-refractivity contribution is 0.780. The van der Waals surface area contributed by atoms with Crippen molar-refractivity contribution >= 4 is 17.2 Å². The van der Waals surface area contributed by atoms with Crippen LogP contribution in [-0.2, 0) is 0 Å². The van der Waals surface area contributed by atoms with E-state index in [1.54, 1.807) is 0 Å². The van der Waals surface area contributed by atoms with Gasteiger partial charge in [-0.2, -0.15) is 0 Å². The topological polar surface area (TPSA) is 41.6 Å². The summed E-state index contributed by atoms with van der Waals surface area (Å²) in [6.45, 7) is 0.817. The molecular weight excluding hydrogens is 294 g/mol. The van der Waals surface area contributed by atoms with Gasteiger partial charge in [0.25, 0.3) is 0 Å². The molecule has 1 aliphatic rings. The normalized spacial score (nSPS) is 16.9. The van der Waals surface area contributed by atoms with E-state index >= 15 is 0 Å². The van der Waals surface area contributed by atoms with Gasteiger partial charge >= 0.3 is 0 Å². The zero-order chi connectivity index (χ0) is 16.4. The maximum atomic E-state index is 6.22. The molecule has 0 bridgehead atoms. The molecule has 0 amide bonds. The van der Waals surface area contributed by atoms with Crippen molar-refractivity contribution in [3.8, 4) is 0 Å². The van der Waals surface area contributed by atoms with Crippen LogP contribution in [0.2, 0.25) is 0 Å². The smallest absolute Gasteiger partial charge is 0.138 e. The Bertz CT molecular complexity index is 857. The third-order valence-corrected chi connectivity index (χ3v) is 4.34. The lowest BCUT2D eigenvalue weighted by Crippen LogP contribution is -2.29. The molecule has 3 nitrogen and oxygen atoms in total. The molecule has 0 fully saturated rings. The molecule has 3 aromatic carbocycles. The fourth-order valence-electron chi connectivity index (χ4n) is 3.12. The molecular formula is C21H19N3. The van der Waals surface area contributed by atoms with Gasteiger partial charge in [-0.25, -0.2) is 0 Å². The number of para-hydroxylation sites is 2. The Kier molecular flexibility index (Phi) is 3.75. The molecule has 0 radical (unpaired) electrons. The minimum atomic E-state index is 0.112. The third-order valence-electron chi connectivity index (χ3n) is 4.34. The first-order valence-corrected chi connectivity index (χ1v) is 8.13. The monoisotopic (exact) mass is 313 g/mol. The number of nitrogens with zero attached hydrogens (tertiary/aromatic N) is 2. The summed E-state index contributed by atoms with van der Waals surface area (Å²) in [7, 11) is 0. The number of hydrogen-bond acceptors (Lipinski definition) is 3. The quantitative estimate of drug-likeness (QED) is 0.733. The molecule has 0 spiro atoms. The standard InChI is InChI=1S/C21H19N3/c22-19-14-8-7-13-18(19)21-23-20(16-9-3-1-4-10-16)15-24(21)17-11-5-2-6-12-17/h1-14,20H,15,22H2/t20-/m1/s1. The van der Waals surface area contributed by atoms with Crippen molar-refractivity contribution in [1.29, 1.82) is 0 Å². The van der Waals surface area contributed by atoms with Crippen LogP contribution in [0.3, 0.4) is 0 Å². The maximum Gasteiger partial charge on any atom is 0.138 e. The van der Waals surface area contributed by atoms with Crippen molar-refractivity contribution in [2.75, 3.05) is 17.2 Å². The Morgan fingerprint density at radius 1 is 0.792 bits per heavy atom. The highest BCUT2D eigenvalue weighted by molar-refractivity contribution is 6.14. The third kappa shape index (κ3) is 2.65. The van der Waals surface area contributed by atoms with Gasteiger partial charge in [0.15, 0.2) is 0 Å². The highest BCUT2D eigenvalue weighted by Gasteiger charge is 2.29. The van der Waals surface area contributed by atoms with Gasteiger partial charge in [-0.05, 0) is 29.8 Å². The fourth-order valence-corrected chi connectivity index (χ4v) is 3.12. The number of rotatable bonds is 3. The van der Waals surface area contributed by atoms with Crippen LogP contribution in [0.25, 0.3) is 0 Å². The van der Waals surface area contributed by atoms with Crippen LogP contribution in [0.5, 0.6) is 0 Å². The molecule has 24 heavy (non-hydrogen) atoms. The predicted molar refractivity (Wildman–Crippen MR) is 100 cm³/mol. The summed E-state index contributed by atoms with van der Waals surface area (Å²) in [5.74, 6) is 0.938. The van der Waals surface area contributed by atoms with Crippen LogP contribution in [0, 0.1) is 0 Å². The summed E-state index contributed by atoms with van der Waals surface area (Å²) in [6, 6.07) is 28.8. The van der Waals surface area contributed by atoms with E-state index in [9.17, 15) is 0 Å². The Labute approximate surface area is 142 Å². The predicted octanol–water partition coefficient (Wildman–Crippen LogP) is 4.28. The van der Waals surface area contributed by atoms with Gasteiger partial charge in [-0.15, -0.1) is 0 Å². The van der Waals surface area contributed by atoms with E-state index in [4.69, 9.17) is 10.7 Å². The van der Waals surface area contributed by atoms with Crippen molar-refractivity contribution in [1.82, 2.24) is 0 Å². The number of aliphatic imine (C=N–C) groups is 1. The van der Waals surface area contributed by atoms with Gasteiger partial charge in [0.1, 0.15) is 5.84 Å². The second-order valence-electron chi connectivity index (χ2n) is 5.91. The minimum Gasteiger partial charge on any atom is -0.398 e. The highest BCUT2D eigenvalue weighted by Crippen LogP contribution is 2.32. The lowest BCUT2D eigenvalue weighted by Gasteiger charge is -2.22. The van der Waals surface area contributed by atoms with E-state index < -0.39 is 0 Å². The zero-order valence-electron chi connectivity index (χ0n) is 13.3. The number of nitrogen functional groups attached to an aromatic ring is 1. The van der Waals surface area contributed by atoms with Crippen molar-refractivity contribution in [2.45, 2.75) is 6.04 Å². The van der Waals surface area contributed by atoms with Gasteiger partial charge in [-0.1, -0.05) is 60.7 Å². The molecule has 1 heterocycles. The molecule has 118 valence electrons. The van der Waals surface area contributed by atoms with Crippen molar-refractivity contribution in [3.63, 3.8) is 0 Å². The Morgan fingerprint density at radius 3 is 2.12 bits per heavy atom. The van der Waals surface area contributed by atoms with E-state index in [1.807, 2.05) is 36.4 Å². The van der Waals surface area contributed by atoms with Crippen LogP contribution in [0.15, 0.2) is 89.9 Å². The van der Waals surface area contributed by atoms with Gasteiger partial charge in [0, 0.05) is 16.9 Å². The lowest BCUT2D eigenvalue weighted by atomic mass is 10.1. The molecule has 0 unspecified atom stereocenters. The molecule has 1 aliphatic heterocycles. The van der Waals surface area contributed by atoms with Gasteiger partial charge < -0.3 is 10.6 Å². The summed E-state index contributed by atoms with van der Waals surface area (Å²) >= 11 is 0. The average molecular weight is 313 g/mol. The van der Waals surface area contributed by atoms with Crippen molar-refractivity contribution in [3.05, 3.63) is 96.1 Å². The first-order valence-electron chi connectivity index (χ1n) is 8.13. The van der Waals surface area contributed by atoms with Crippen LogP contribution in [-0.4, -0.2) is 12.4 Å². The molecule has 0 aromatic heterocycles. The van der Waals surface area contributed by atoms with E-state index in [2.05, 4.69) is 53.4 Å². The highest BCUT2D eigenvalue weighted by atomic mass is 15.3. The Hall–Kier alpha value is -3.07. The van der Waals surface area contributed by atoms with E-state index in [0.717, 1.165) is 29.3 Å². The van der Waals surface area contributed by atoms with E-state index in [1.165, 1.54) is 5.56 Å². The molecule has 0 saturated heterocycles. The van der Waals surface area contributed by atoms with Crippen LogP contribution in [0.4, 0.5) is 11.4 Å². The SMILES string of the molecule is Nc1ccccc1C1=N[C@@H](c2ccccc2)CN1c1ccccc1. The van der Waals surface area contributed by atoms with Gasteiger partial charge in [-0.3, -0.25) is 4.99 Å².